The number of aromatic nitrogens is 1. The number of alkyl halides is 3. The van der Waals surface area contributed by atoms with E-state index in [1.807, 2.05) is 0 Å². The maximum atomic E-state index is 13.4. The fourth-order valence-corrected chi connectivity index (χ4v) is 4.59. The summed E-state index contributed by atoms with van der Waals surface area (Å²) in [6, 6.07) is 7.53. The fourth-order valence-electron chi connectivity index (χ4n) is 4.48. The molecule has 2 amide bonds. The maximum absolute atomic E-state index is 13.4. The van der Waals surface area contributed by atoms with Gasteiger partial charge in [0.2, 0.25) is 5.91 Å². The molecule has 2 bridgehead atoms. The number of carbonyl (C=O) groups is 2. The average molecular weight is 486 g/mol. The fraction of sp³-hybridized carbons (Fsp3) is 0.409. The number of nitrogens with zero attached hydrogens (tertiary/aromatic N) is 1. The van der Waals surface area contributed by atoms with Crippen LogP contribution in [0.2, 0.25) is 5.02 Å². The van der Waals surface area contributed by atoms with Gasteiger partial charge in [-0.25, -0.2) is 9.37 Å². The molecule has 1 heterocycles. The number of amides is 2. The molecule has 6 nitrogen and oxygen atoms in total. The van der Waals surface area contributed by atoms with Crippen LogP contribution in [0.1, 0.15) is 30.7 Å². The Balaban J connectivity index is 1.18. The summed E-state index contributed by atoms with van der Waals surface area (Å²) >= 11 is 5.60. The molecular formula is C22H20ClF4N3O3. The topological polar surface area (TPSA) is 80.3 Å². The summed E-state index contributed by atoms with van der Waals surface area (Å²) in [4.78, 5) is 28.2. The third kappa shape index (κ3) is 4.90. The number of pyridine rings is 1. The van der Waals surface area contributed by atoms with Crippen LogP contribution in [0.25, 0.3) is 0 Å². The largest absolute Gasteiger partial charge is 0.484 e. The second-order valence-corrected chi connectivity index (χ2v) is 8.93. The maximum Gasteiger partial charge on any atom is 0.433 e. The van der Waals surface area contributed by atoms with E-state index in [0.717, 1.165) is 12.1 Å². The molecule has 0 unspecified atom stereocenters. The van der Waals surface area contributed by atoms with Crippen LogP contribution in [-0.4, -0.2) is 35.5 Å². The highest BCUT2D eigenvalue weighted by molar-refractivity contribution is 6.30. The van der Waals surface area contributed by atoms with Crippen molar-refractivity contribution in [1.29, 1.82) is 0 Å². The van der Waals surface area contributed by atoms with E-state index >= 15 is 0 Å². The summed E-state index contributed by atoms with van der Waals surface area (Å²) in [7, 11) is 0. The van der Waals surface area contributed by atoms with Crippen molar-refractivity contribution in [2.75, 3.05) is 13.2 Å². The monoisotopic (exact) mass is 485 g/mol. The Bertz CT molecular complexity index is 1070. The Morgan fingerprint density at radius 1 is 1.15 bits per heavy atom. The zero-order chi connectivity index (χ0) is 23.9. The third-order valence-electron chi connectivity index (χ3n) is 5.94. The minimum absolute atomic E-state index is 0.0460. The first kappa shape index (κ1) is 23.3. The van der Waals surface area contributed by atoms with E-state index in [1.54, 1.807) is 0 Å². The number of hydrogen-bond donors (Lipinski definition) is 2. The Hall–Kier alpha value is -2.88. The summed E-state index contributed by atoms with van der Waals surface area (Å²) < 4.78 is 56.9. The molecule has 0 aliphatic heterocycles. The second-order valence-electron chi connectivity index (χ2n) is 8.52. The van der Waals surface area contributed by atoms with E-state index in [0.29, 0.717) is 19.3 Å². The van der Waals surface area contributed by atoms with Crippen molar-refractivity contribution in [2.45, 2.75) is 37.4 Å². The third-order valence-corrected chi connectivity index (χ3v) is 6.25. The van der Waals surface area contributed by atoms with Crippen LogP contribution in [-0.2, 0) is 22.2 Å². The van der Waals surface area contributed by atoms with Gasteiger partial charge in [0, 0.05) is 30.3 Å². The first-order valence-corrected chi connectivity index (χ1v) is 10.6. The Labute approximate surface area is 191 Å². The van der Waals surface area contributed by atoms with Crippen LogP contribution in [0.15, 0.2) is 36.4 Å². The van der Waals surface area contributed by atoms with Gasteiger partial charge in [0.1, 0.15) is 17.3 Å². The standard InChI is InChI=1S/C22H20ClF4N3O3/c23-15-5-4-14(8-16(15)24)33-9-18(31)30-21-10-20(11-21,12-21)19(32)28-7-6-13-2-1-3-17(29-13)22(25,26)27/h1-5,8H,6-7,9-12H2,(H,28,32)(H,30,31). The lowest BCUT2D eigenvalue weighted by molar-refractivity contribution is -0.183. The molecule has 3 aliphatic carbocycles. The SMILES string of the molecule is O=C(COc1ccc(Cl)c(F)c1)NC12CC(C(=O)NCCc3cccc(C(F)(F)F)n3)(C1)C2. The van der Waals surface area contributed by atoms with Crippen LogP contribution in [0.5, 0.6) is 5.75 Å². The van der Waals surface area contributed by atoms with Gasteiger partial charge in [0.05, 0.1) is 10.4 Å². The van der Waals surface area contributed by atoms with Crippen LogP contribution >= 0.6 is 11.6 Å². The van der Waals surface area contributed by atoms with Gasteiger partial charge in [0.25, 0.3) is 5.91 Å². The quantitative estimate of drug-likeness (QED) is 0.559. The van der Waals surface area contributed by atoms with Crippen molar-refractivity contribution in [2.24, 2.45) is 5.41 Å². The van der Waals surface area contributed by atoms with Crippen LogP contribution in [0.3, 0.4) is 0 Å². The van der Waals surface area contributed by atoms with Crippen molar-refractivity contribution < 1.29 is 31.9 Å². The van der Waals surface area contributed by atoms with Crippen molar-refractivity contribution in [3.8, 4) is 5.75 Å². The predicted molar refractivity (Wildman–Crippen MR) is 110 cm³/mol. The number of rotatable bonds is 8. The highest BCUT2D eigenvalue weighted by Crippen LogP contribution is 2.67. The average Bonchev–Trinajstić information content (AvgIpc) is 2.70. The first-order valence-electron chi connectivity index (χ1n) is 10.2. The van der Waals surface area contributed by atoms with Gasteiger partial charge in [-0.1, -0.05) is 17.7 Å². The van der Waals surface area contributed by atoms with Crippen molar-refractivity contribution >= 4 is 23.4 Å². The summed E-state index contributed by atoms with van der Waals surface area (Å²) in [6.07, 6.45) is -2.89. The highest BCUT2D eigenvalue weighted by atomic mass is 35.5. The molecule has 5 rings (SSSR count). The van der Waals surface area contributed by atoms with Gasteiger partial charge >= 0.3 is 6.18 Å². The number of carbonyl (C=O) groups excluding carboxylic acids is 2. The van der Waals surface area contributed by atoms with E-state index in [9.17, 15) is 27.2 Å². The smallest absolute Gasteiger partial charge is 0.433 e. The summed E-state index contributed by atoms with van der Waals surface area (Å²) in [5, 5.41) is 5.56. The summed E-state index contributed by atoms with van der Waals surface area (Å²) in [5.41, 5.74) is -1.74. The van der Waals surface area contributed by atoms with Gasteiger partial charge in [-0.05, 0) is 43.5 Å². The molecule has 3 aliphatic rings. The minimum Gasteiger partial charge on any atom is -0.484 e. The number of halogens is 5. The molecule has 2 aromatic rings. The van der Waals surface area contributed by atoms with Crippen LogP contribution in [0, 0.1) is 11.2 Å². The van der Waals surface area contributed by atoms with E-state index in [4.69, 9.17) is 16.3 Å². The highest BCUT2D eigenvalue weighted by Gasteiger charge is 2.72. The molecular weight excluding hydrogens is 466 g/mol. The molecule has 1 aromatic carbocycles. The normalized spacial score (nSPS) is 23.2. The Morgan fingerprint density at radius 2 is 1.88 bits per heavy atom. The number of hydrogen-bond acceptors (Lipinski definition) is 4. The van der Waals surface area contributed by atoms with Crippen molar-refractivity contribution in [1.82, 2.24) is 15.6 Å². The Kier molecular flexibility index (Phi) is 5.98. The molecule has 33 heavy (non-hydrogen) atoms. The van der Waals surface area contributed by atoms with Crippen LogP contribution in [0.4, 0.5) is 17.6 Å². The molecule has 3 fully saturated rings. The number of ether oxygens (including phenoxy) is 1. The van der Waals surface area contributed by atoms with E-state index in [1.165, 1.54) is 24.3 Å². The van der Waals surface area contributed by atoms with Crippen molar-refractivity contribution in [3.63, 3.8) is 0 Å². The lowest BCUT2D eigenvalue weighted by atomic mass is 9.39. The second kappa shape index (κ2) is 8.48. The molecule has 0 atom stereocenters. The van der Waals surface area contributed by atoms with Crippen molar-refractivity contribution in [3.05, 3.63) is 58.6 Å². The van der Waals surface area contributed by atoms with E-state index < -0.39 is 28.6 Å². The molecule has 0 radical (unpaired) electrons. The molecule has 11 heteroatoms. The zero-order valence-electron chi connectivity index (χ0n) is 17.3. The summed E-state index contributed by atoms with van der Waals surface area (Å²) in [6.45, 7) is -0.133. The van der Waals surface area contributed by atoms with Gasteiger partial charge in [-0.15, -0.1) is 0 Å². The molecule has 2 N–H and O–H groups in total. The van der Waals surface area contributed by atoms with Gasteiger partial charge in [0.15, 0.2) is 6.61 Å². The number of nitrogens with one attached hydrogen (secondary N) is 2. The molecule has 0 spiro atoms. The molecule has 176 valence electrons. The lowest BCUT2D eigenvalue weighted by Crippen LogP contribution is -2.78. The van der Waals surface area contributed by atoms with E-state index in [-0.39, 0.29) is 47.9 Å². The first-order chi connectivity index (χ1) is 15.5. The number of benzene rings is 1. The predicted octanol–water partition coefficient (Wildman–Crippen LogP) is 3.67. The molecule has 3 saturated carbocycles. The molecule has 1 aromatic heterocycles. The zero-order valence-corrected chi connectivity index (χ0v) is 18.0. The lowest BCUT2D eigenvalue weighted by Gasteiger charge is -2.69. The van der Waals surface area contributed by atoms with E-state index in [2.05, 4.69) is 15.6 Å². The Morgan fingerprint density at radius 3 is 2.55 bits per heavy atom. The summed E-state index contributed by atoms with van der Waals surface area (Å²) in [5.74, 6) is -1.03. The van der Waals surface area contributed by atoms with Gasteiger partial charge in [-0.3, -0.25) is 9.59 Å². The molecule has 0 saturated heterocycles. The minimum atomic E-state index is -4.51. The van der Waals surface area contributed by atoms with Gasteiger partial charge in [-0.2, -0.15) is 13.2 Å². The van der Waals surface area contributed by atoms with Gasteiger partial charge < -0.3 is 15.4 Å². The van der Waals surface area contributed by atoms with Crippen LogP contribution < -0.4 is 15.4 Å².